The molecular weight excluding hydrogens is 228 g/mol. The van der Waals surface area contributed by atoms with E-state index in [0.717, 1.165) is 36.0 Å². The van der Waals surface area contributed by atoms with Crippen LogP contribution in [0.1, 0.15) is 17.5 Å². The SMILES string of the molecule is COc1cc2c(cc1OC)C(C=CC=O)=CCC2. The van der Waals surface area contributed by atoms with Crippen molar-refractivity contribution in [3.63, 3.8) is 0 Å². The third-order valence-electron chi connectivity index (χ3n) is 3.05. The van der Waals surface area contributed by atoms with E-state index in [1.54, 1.807) is 14.2 Å². The summed E-state index contributed by atoms with van der Waals surface area (Å²) in [6, 6.07) is 3.98. The lowest BCUT2D eigenvalue weighted by Crippen LogP contribution is -2.01. The molecule has 0 bridgehead atoms. The van der Waals surface area contributed by atoms with Crippen LogP contribution in [0.2, 0.25) is 0 Å². The van der Waals surface area contributed by atoms with Gasteiger partial charge in [0.15, 0.2) is 11.5 Å². The molecule has 1 aromatic rings. The highest BCUT2D eigenvalue weighted by Gasteiger charge is 2.15. The van der Waals surface area contributed by atoms with Crippen molar-refractivity contribution in [2.24, 2.45) is 0 Å². The standard InChI is InChI=1S/C15H16O3/c1-17-14-9-12-6-3-5-11(7-4-8-16)13(12)10-15(14)18-2/h4-5,7-10H,3,6H2,1-2H3. The molecule has 2 rings (SSSR count). The van der Waals surface area contributed by atoms with Crippen molar-refractivity contribution in [2.75, 3.05) is 14.2 Å². The molecule has 0 amide bonds. The van der Waals surface area contributed by atoms with Gasteiger partial charge in [0.05, 0.1) is 14.2 Å². The Hall–Kier alpha value is -2.03. The maximum atomic E-state index is 10.4. The van der Waals surface area contributed by atoms with Gasteiger partial charge in [0.25, 0.3) is 0 Å². The maximum Gasteiger partial charge on any atom is 0.161 e. The molecule has 3 heteroatoms. The zero-order valence-electron chi connectivity index (χ0n) is 10.6. The van der Waals surface area contributed by atoms with Crippen molar-refractivity contribution in [2.45, 2.75) is 12.8 Å². The smallest absolute Gasteiger partial charge is 0.161 e. The first-order chi connectivity index (χ1) is 8.80. The van der Waals surface area contributed by atoms with E-state index in [1.165, 1.54) is 11.6 Å². The molecule has 0 heterocycles. The van der Waals surface area contributed by atoms with Crippen LogP contribution in [0.3, 0.4) is 0 Å². The lowest BCUT2D eigenvalue weighted by atomic mass is 9.90. The summed E-state index contributed by atoms with van der Waals surface area (Å²) in [4.78, 5) is 10.4. The molecule has 0 N–H and O–H groups in total. The molecule has 0 saturated carbocycles. The van der Waals surface area contributed by atoms with Gasteiger partial charge in [0.1, 0.15) is 6.29 Å². The van der Waals surface area contributed by atoms with E-state index >= 15 is 0 Å². The molecule has 0 radical (unpaired) electrons. The van der Waals surface area contributed by atoms with Gasteiger partial charge in [-0.1, -0.05) is 12.2 Å². The quantitative estimate of drug-likeness (QED) is 0.603. The lowest BCUT2D eigenvalue weighted by molar-refractivity contribution is -0.104. The molecule has 0 spiro atoms. The fourth-order valence-corrected chi connectivity index (χ4v) is 2.19. The third kappa shape index (κ3) is 2.30. The first kappa shape index (κ1) is 12.4. The van der Waals surface area contributed by atoms with Gasteiger partial charge in [0.2, 0.25) is 0 Å². The van der Waals surface area contributed by atoms with Crippen molar-refractivity contribution in [1.82, 2.24) is 0 Å². The zero-order valence-corrected chi connectivity index (χ0v) is 10.6. The number of carbonyl (C=O) groups is 1. The minimum absolute atomic E-state index is 0.712. The normalized spacial score (nSPS) is 14.0. The minimum atomic E-state index is 0.712. The summed E-state index contributed by atoms with van der Waals surface area (Å²) < 4.78 is 10.6. The Labute approximate surface area is 107 Å². The van der Waals surface area contributed by atoms with Crippen molar-refractivity contribution in [3.8, 4) is 11.5 Å². The minimum Gasteiger partial charge on any atom is -0.493 e. The number of carbonyl (C=O) groups excluding carboxylic acids is 1. The van der Waals surface area contributed by atoms with Gasteiger partial charge in [-0.3, -0.25) is 4.79 Å². The fourth-order valence-electron chi connectivity index (χ4n) is 2.19. The first-order valence-electron chi connectivity index (χ1n) is 5.87. The van der Waals surface area contributed by atoms with Gasteiger partial charge in [-0.15, -0.1) is 0 Å². The summed E-state index contributed by atoms with van der Waals surface area (Å²) in [6.45, 7) is 0. The number of methoxy groups -OCH3 is 2. The average molecular weight is 244 g/mol. The molecule has 0 unspecified atom stereocenters. The fraction of sp³-hybridized carbons (Fsp3) is 0.267. The highest BCUT2D eigenvalue weighted by molar-refractivity contribution is 5.82. The maximum absolute atomic E-state index is 10.4. The number of hydrogen-bond acceptors (Lipinski definition) is 3. The molecule has 18 heavy (non-hydrogen) atoms. The van der Waals surface area contributed by atoms with Crippen molar-refractivity contribution >= 4 is 11.9 Å². The zero-order chi connectivity index (χ0) is 13.0. The number of aryl methyl sites for hydroxylation is 1. The van der Waals surface area contributed by atoms with Crippen LogP contribution in [-0.2, 0) is 11.2 Å². The van der Waals surface area contributed by atoms with Gasteiger partial charge in [-0.2, -0.15) is 0 Å². The largest absolute Gasteiger partial charge is 0.493 e. The molecule has 0 fully saturated rings. The second-order valence-corrected chi connectivity index (χ2v) is 4.06. The Morgan fingerprint density at radius 2 is 1.89 bits per heavy atom. The van der Waals surface area contributed by atoms with Crippen LogP contribution in [-0.4, -0.2) is 20.5 Å². The molecule has 0 saturated heterocycles. The van der Waals surface area contributed by atoms with Crippen molar-refractivity contribution in [1.29, 1.82) is 0 Å². The van der Waals surface area contributed by atoms with Gasteiger partial charge in [-0.05, 0) is 47.8 Å². The topological polar surface area (TPSA) is 35.5 Å². The predicted octanol–water partition coefficient (Wildman–Crippen LogP) is 2.79. The highest BCUT2D eigenvalue weighted by atomic mass is 16.5. The summed E-state index contributed by atoms with van der Waals surface area (Å²) in [5, 5.41) is 0. The molecular formula is C15H16O3. The van der Waals surface area contributed by atoms with Gasteiger partial charge >= 0.3 is 0 Å². The molecule has 0 aromatic heterocycles. The van der Waals surface area contributed by atoms with E-state index < -0.39 is 0 Å². The number of allylic oxidation sites excluding steroid dienone is 4. The molecule has 0 atom stereocenters. The molecule has 0 aliphatic heterocycles. The van der Waals surface area contributed by atoms with Crippen LogP contribution >= 0.6 is 0 Å². The van der Waals surface area contributed by atoms with Crippen LogP contribution < -0.4 is 9.47 Å². The van der Waals surface area contributed by atoms with Crippen molar-refractivity contribution in [3.05, 3.63) is 41.5 Å². The van der Waals surface area contributed by atoms with E-state index in [-0.39, 0.29) is 0 Å². The number of rotatable bonds is 4. The second kappa shape index (κ2) is 5.54. The number of hydrogen-bond donors (Lipinski definition) is 0. The molecule has 94 valence electrons. The summed E-state index contributed by atoms with van der Waals surface area (Å²) >= 11 is 0. The second-order valence-electron chi connectivity index (χ2n) is 4.06. The summed E-state index contributed by atoms with van der Waals surface area (Å²) in [6.07, 6.45) is 8.22. The van der Waals surface area contributed by atoms with Crippen LogP contribution in [0, 0.1) is 0 Å². The number of fused-ring (bicyclic) bond motifs is 1. The predicted molar refractivity (Wildman–Crippen MR) is 71.0 cm³/mol. The molecule has 3 nitrogen and oxygen atoms in total. The van der Waals surface area contributed by atoms with Crippen LogP contribution in [0.4, 0.5) is 0 Å². The summed E-state index contributed by atoms with van der Waals surface area (Å²) in [5.41, 5.74) is 3.39. The molecule has 1 aliphatic rings. The highest BCUT2D eigenvalue weighted by Crippen LogP contribution is 2.36. The Balaban J connectivity index is 2.49. The van der Waals surface area contributed by atoms with E-state index in [2.05, 4.69) is 6.08 Å². The summed E-state index contributed by atoms with van der Waals surface area (Å²) in [5.74, 6) is 1.46. The van der Waals surface area contributed by atoms with Gasteiger partial charge < -0.3 is 9.47 Å². The number of aldehydes is 1. The van der Waals surface area contributed by atoms with E-state index in [0.29, 0.717) is 5.75 Å². The average Bonchev–Trinajstić information content (AvgIpc) is 2.43. The van der Waals surface area contributed by atoms with E-state index in [9.17, 15) is 4.79 Å². The Morgan fingerprint density at radius 1 is 1.17 bits per heavy atom. The van der Waals surface area contributed by atoms with Gasteiger partial charge in [0, 0.05) is 0 Å². The van der Waals surface area contributed by atoms with E-state index in [1.807, 2.05) is 18.2 Å². The van der Waals surface area contributed by atoms with Crippen LogP contribution in [0.5, 0.6) is 11.5 Å². The summed E-state index contributed by atoms with van der Waals surface area (Å²) in [7, 11) is 3.26. The monoisotopic (exact) mass is 244 g/mol. The number of ether oxygens (including phenoxy) is 2. The van der Waals surface area contributed by atoms with E-state index in [4.69, 9.17) is 9.47 Å². The molecule has 1 aliphatic carbocycles. The number of benzene rings is 1. The first-order valence-corrected chi connectivity index (χ1v) is 5.87. The molecule has 1 aromatic carbocycles. The Bertz CT molecular complexity index is 513. The van der Waals surface area contributed by atoms with Gasteiger partial charge in [-0.25, -0.2) is 0 Å². The van der Waals surface area contributed by atoms with Crippen molar-refractivity contribution < 1.29 is 14.3 Å². The van der Waals surface area contributed by atoms with Crippen LogP contribution in [0.15, 0.2) is 30.4 Å². The van der Waals surface area contributed by atoms with Crippen LogP contribution in [0.25, 0.3) is 5.57 Å². The lowest BCUT2D eigenvalue weighted by Gasteiger charge is -2.18. The Morgan fingerprint density at radius 3 is 2.56 bits per heavy atom. The Kier molecular flexibility index (Phi) is 3.82. The third-order valence-corrected chi connectivity index (χ3v) is 3.05.